The highest BCUT2D eigenvalue weighted by Gasteiger charge is 1.95. The Bertz CT molecular complexity index is 321. The fourth-order valence-corrected chi connectivity index (χ4v) is 1.85. The highest BCUT2D eigenvalue weighted by molar-refractivity contribution is 14.1. The summed E-state index contributed by atoms with van der Waals surface area (Å²) in [6.07, 6.45) is 6.12. The van der Waals surface area contributed by atoms with E-state index in [0.717, 1.165) is 23.1 Å². The Labute approximate surface area is 128 Å². The van der Waals surface area contributed by atoms with Gasteiger partial charge in [-0.25, -0.2) is 0 Å². The highest BCUT2D eigenvalue weighted by atomic mass is 127. The Hall–Kier alpha value is -0.180. The topological polar surface area (TPSA) is 45.5 Å². The van der Waals surface area contributed by atoms with Gasteiger partial charge >= 0.3 is 0 Å². The Kier molecular flexibility index (Phi) is 10.3. The van der Waals surface area contributed by atoms with E-state index in [-0.39, 0.29) is 0 Å². The molecular formula is C13H23IN2O3. The zero-order valence-corrected chi connectivity index (χ0v) is 13.7. The van der Waals surface area contributed by atoms with Crippen LogP contribution in [-0.4, -0.2) is 49.4 Å². The predicted molar refractivity (Wildman–Crippen MR) is 82.3 cm³/mol. The minimum Gasteiger partial charge on any atom is -0.379 e. The first-order chi connectivity index (χ1) is 9.33. The van der Waals surface area contributed by atoms with E-state index in [4.69, 9.17) is 14.2 Å². The molecule has 0 aromatic carbocycles. The molecule has 0 N–H and O–H groups in total. The van der Waals surface area contributed by atoms with Crippen LogP contribution in [0.4, 0.5) is 0 Å². The molecule has 0 spiro atoms. The molecule has 0 saturated heterocycles. The quantitative estimate of drug-likeness (QED) is 0.411. The van der Waals surface area contributed by atoms with E-state index in [1.54, 1.807) is 0 Å². The first kappa shape index (κ1) is 16.9. The number of nitrogens with zero attached hydrogens (tertiary/aromatic N) is 2. The minimum atomic E-state index is 0.618. The summed E-state index contributed by atoms with van der Waals surface area (Å²) in [5, 5.41) is 4.18. The molecule has 0 aliphatic rings. The molecule has 1 aromatic rings. The van der Waals surface area contributed by atoms with Crippen molar-refractivity contribution < 1.29 is 14.2 Å². The van der Waals surface area contributed by atoms with Crippen LogP contribution in [0, 0.1) is 3.57 Å². The average molecular weight is 382 g/mol. The van der Waals surface area contributed by atoms with E-state index in [2.05, 4.69) is 34.6 Å². The lowest BCUT2D eigenvalue weighted by Gasteiger charge is -2.06. The second-order valence-electron chi connectivity index (χ2n) is 4.11. The van der Waals surface area contributed by atoms with Crippen molar-refractivity contribution in [3.05, 3.63) is 16.0 Å². The lowest BCUT2D eigenvalue weighted by Crippen LogP contribution is -2.12. The molecule has 0 fully saturated rings. The third kappa shape index (κ3) is 9.37. The van der Waals surface area contributed by atoms with Crippen LogP contribution < -0.4 is 0 Å². The molecule has 0 unspecified atom stereocenters. The molecule has 0 aliphatic heterocycles. The first-order valence-electron chi connectivity index (χ1n) is 6.74. The van der Waals surface area contributed by atoms with Gasteiger partial charge in [0, 0.05) is 12.8 Å². The molecule has 1 heterocycles. The first-order valence-corrected chi connectivity index (χ1v) is 7.82. The SMILES string of the molecule is CCCCOCCOCCOCCn1cc(I)cn1. The maximum absolute atomic E-state index is 5.46. The van der Waals surface area contributed by atoms with Crippen molar-refractivity contribution in [2.24, 2.45) is 0 Å². The van der Waals surface area contributed by atoms with Crippen molar-refractivity contribution in [2.45, 2.75) is 26.3 Å². The van der Waals surface area contributed by atoms with Crippen molar-refractivity contribution in [2.75, 3.05) is 39.6 Å². The van der Waals surface area contributed by atoms with Gasteiger partial charge in [0.05, 0.1) is 49.3 Å². The Balaban J connectivity index is 1.79. The van der Waals surface area contributed by atoms with Gasteiger partial charge in [0.25, 0.3) is 0 Å². The average Bonchev–Trinajstić information content (AvgIpc) is 2.82. The molecule has 0 bridgehead atoms. The van der Waals surface area contributed by atoms with E-state index in [1.807, 2.05) is 17.1 Å². The largest absolute Gasteiger partial charge is 0.379 e. The van der Waals surface area contributed by atoms with Crippen molar-refractivity contribution >= 4 is 22.6 Å². The molecule has 6 heteroatoms. The maximum atomic E-state index is 5.46. The molecule has 0 aliphatic carbocycles. The van der Waals surface area contributed by atoms with Gasteiger partial charge in [0.1, 0.15) is 0 Å². The second-order valence-corrected chi connectivity index (χ2v) is 5.36. The Morgan fingerprint density at radius 1 is 1.05 bits per heavy atom. The van der Waals surface area contributed by atoms with E-state index in [0.29, 0.717) is 33.0 Å². The molecule has 1 aromatic heterocycles. The van der Waals surface area contributed by atoms with Gasteiger partial charge in [0.2, 0.25) is 0 Å². The van der Waals surface area contributed by atoms with Crippen LogP contribution in [0.3, 0.4) is 0 Å². The van der Waals surface area contributed by atoms with Crippen molar-refractivity contribution in [1.29, 1.82) is 0 Å². The minimum absolute atomic E-state index is 0.618. The van der Waals surface area contributed by atoms with Gasteiger partial charge in [0.15, 0.2) is 0 Å². The molecule has 0 amide bonds. The number of rotatable bonds is 12. The summed E-state index contributed by atoms with van der Waals surface area (Å²) in [7, 11) is 0. The van der Waals surface area contributed by atoms with Crippen molar-refractivity contribution in [1.82, 2.24) is 9.78 Å². The molecule has 0 atom stereocenters. The molecule has 0 radical (unpaired) electrons. The lowest BCUT2D eigenvalue weighted by molar-refractivity contribution is 0.0123. The van der Waals surface area contributed by atoms with E-state index in [1.165, 1.54) is 6.42 Å². The summed E-state index contributed by atoms with van der Waals surface area (Å²) in [6, 6.07) is 0. The highest BCUT2D eigenvalue weighted by Crippen LogP contribution is 2.00. The van der Waals surface area contributed by atoms with Crippen LogP contribution in [0.2, 0.25) is 0 Å². The number of ether oxygens (including phenoxy) is 3. The van der Waals surface area contributed by atoms with Crippen LogP contribution in [0.15, 0.2) is 12.4 Å². The van der Waals surface area contributed by atoms with Gasteiger partial charge in [-0.05, 0) is 29.0 Å². The zero-order chi connectivity index (χ0) is 13.8. The van der Waals surface area contributed by atoms with Crippen LogP contribution >= 0.6 is 22.6 Å². The number of hydrogen-bond donors (Lipinski definition) is 0. The molecule has 19 heavy (non-hydrogen) atoms. The van der Waals surface area contributed by atoms with Crippen LogP contribution in [-0.2, 0) is 20.8 Å². The Morgan fingerprint density at radius 3 is 2.26 bits per heavy atom. The third-order valence-corrected chi connectivity index (χ3v) is 3.01. The molecule has 110 valence electrons. The fraction of sp³-hybridized carbons (Fsp3) is 0.769. The van der Waals surface area contributed by atoms with Gasteiger partial charge in [-0.2, -0.15) is 5.10 Å². The number of aromatic nitrogens is 2. The molecule has 0 saturated carbocycles. The van der Waals surface area contributed by atoms with Gasteiger partial charge in [-0.1, -0.05) is 13.3 Å². The normalized spacial score (nSPS) is 11.1. The van der Waals surface area contributed by atoms with Crippen molar-refractivity contribution in [3.63, 3.8) is 0 Å². The summed E-state index contributed by atoms with van der Waals surface area (Å²) >= 11 is 2.24. The summed E-state index contributed by atoms with van der Waals surface area (Å²) in [6.45, 7) is 6.98. The summed E-state index contributed by atoms with van der Waals surface area (Å²) in [5.74, 6) is 0. The van der Waals surface area contributed by atoms with Gasteiger partial charge in [-0.15, -0.1) is 0 Å². The smallest absolute Gasteiger partial charge is 0.0701 e. The summed E-state index contributed by atoms with van der Waals surface area (Å²) in [4.78, 5) is 0. The number of hydrogen-bond acceptors (Lipinski definition) is 4. The Morgan fingerprint density at radius 2 is 1.68 bits per heavy atom. The standard InChI is InChI=1S/C13H23IN2O3/c1-2-3-5-17-7-9-19-10-8-18-6-4-16-12-13(14)11-15-16/h11-12H,2-10H2,1H3. The molecular weight excluding hydrogens is 359 g/mol. The number of unbranched alkanes of at least 4 members (excludes halogenated alkanes) is 1. The summed E-state index contributed by atoms with van der Waals surface area (Å²) < 4.78 is 19.3. The zero-order valence-electron chi connectivity index (χ0n) is 11.5. The fourth-order valence-electron chi connectivity index (χ4n) is 1.41. The second kappa shape index (κ2) is 11.6. The monoisotopic (exact) mass is 382 g/mol. The third-order valence-electron chi connectivity index (χ3n) is 2.45. The molecule has 5 nitrogen and oxygen atoms in total. The molecule has 1 rings (SSSR count). The van der Waals surface area contributed by atoms with E-state index < -0.39 is 0 Å². The van der Waals surface area contributed by atoms with E-state index >= 15 is 0 Å². The predicted octanol–water partition coefficient (Wildman–Crippen LogP) is 2.34. The van der Waals surface area contributed by atoms with Gasteiger partial charge < -0.3 is 14.2 Å². The maximum Gasteiger partial charge on any atom is 0.0701 e. The summed E-state index contributed by atoms with van der Waals surface area (Å²) in [5.41, 5.74) is 0. The van der Waals surface area contributed by atoms with Crippen LogP contribution in [0.25, 0.3) is 0 Å². The van der Waals surface area contributed by atoms with Crippen LogP contribution in [0.5, 0.6) is 0 Å². The van der Waals surface area contributed by atoms with Crippen molar-refractivity contribution in [3.8, 4) is 0 Å². The lowest BCUT2D eigenvalue weighted by atomic mass is 10.4. The van der Waals surface area contributed by atoms with Crippen LogP contribution in [0.1, 0.15) is 19.8 Å². The number of halogens is 1. The van der Waals surface area contributed by atoms with E-state index in [9.17, 15) is 0 Å². The van der Waals surface area contributed by atoms with Gasteiger partial charge in [-0.3, -0.25) is 4.68 Å².